The van der Waals surface area contributed by atoms with Crippen LogP contribution in [0, 0.1) is 0 Å². The van der Waals surface area contributed by atoms with Gasteiger partial charge in [-0.05, 0) is 48.7 Å². The second-order valence-corrected chi connectivity index (χ2v) is 10.9. The molecule has 3 aromatic carbocycles. The van der Waals surface area contributed by atoms with Gasteiger partial charge in [-0.15, -0.1) is 0 Å². The van der Waals surface area contributed by atoms with E-state index in [4.69, 9.17) is 23.2 Å². The predicted molar refractivity (Wildman–Crippen MR) is 160 cm³/mol. The highest BCUT2D eigenvalue weighted by Crippen LogP contribution is 2.39. The lowest BCUT2D eigenvalue weighted by Crippen LogP contribution is -2.54. The lowest BCUT2D eigenvalue weighted by atomic mass is 9.99. The highest BCUT2D eigenvalue weighted by molar-refractivity contribution is 6.37. The molecule has 1 aliphatic rings. The minimum absolute atomic E-state index is 0.0708. The van der Waals surface area contributed by atoms with E-state index in [1.807, 2.05) is 67.6 Å². The summed E-state index contributed by atoms with van der Waals surface area (Å²) in [7, 11) is 0. The molecule has 1 fully saturated rings. The van der Waals surface area contributed by atoms with Crippen molar-refractivity contribution in [2.75, 3.05) is 24.5 Å². The second-order valence-electron chi connectivity index (χ2n) is 10.1. The Balaban J connectivity index is 1.78. The maximum absolute atomic E-state index is 13.9. The van der Waals surface area contributed by atoms with Gasteiger partial charge in [0, 0.05) is 52.2 Å². The highest BCUT2D eigenvalue weighted by Gasteiger charge is 2.29. The topological polar surface area (TPSA) is 58.4 Å². The van der Waals surface area contributed by atoms with Crippen LogP contribution >= 0.6 is 23.2 Å². The Morgan fingerprint density at radius 1 is 1.03 bits per heavy atom. The second kappa shape index (κ2) is 10.9. The number of piperazine rings is 1. The van der Waals surface area contributed by atoms with Gasteiger partial charge in [-0.25, -0.2) is 4.79 Å². The van der Waals surface area contributed by atoms with Crippen LogP contribution in [0.1, 0.15) is 32.3 Å². The molecule has 0 bridgehead atoms. The number of para-hydroxylation sites is 1. The number of hydrogen-bond donors (Lipinski definition) is 0. The van der Waals surface area contributed by atoms with Gasteiger partial charge in [0.05, 0.1) is 11.2 Å². The molecule has 4 aromatic rings. The first-order chi connectivity index (χ1) is 18.7. The molecule has 0 spiro atoms. The Hall–Kier alpha value is -3.61. The van der Waals surface area contributed by atoms with Crippen LogP contribution < -0.4 is 10.6 Å². The summed E-state index contributed by atoms with van der Waals surface area (Å²) in [6.07, 6.45) is 1.33. The van der Waals surface area contributed by atoms with Gasteiger partial charge in [-0.2, -0.15) is 4.98 Å². The summed E-state index contributed by atoms with van der Waals surface area (Å²) in [5.74, 6) is 0.639. The van der Waals surface area contributed by atoms with Gasteiger partial charge in [-0.1, -0.05) is 80.0 Å². The molecule has 39 heavy (non-hydrogen) atoms. The molecule has 0 N–H and O–H groups in total. The van der Waals surface area contributed by atoms with Gasteiger partial charge < -0.3 is 9.80 Å². The predicted octanol–water partition coefficient (Wildman–Crippen LogP) is 6.71. The van der Waals surface area contributed by atoms with Crippen molar-refractivity contribution in [3.05, 3.63) is 99.4 Å². The SMILES string of the molecule is C=CC(=O)N1CCN(c2nc(=O)n(-c3ccccc3C(C)C)c3cc(-c4ccccc4Cl)c(Cl)cc23)[C@@H](C)C1. The molecule has 1 amide bonds. The molecule has 1 atom stereocenters. The number of carbonyl (C=O) groups excluding carboxylic acids is 1. The van der Waals surface area contributed by atoms with E-state index in [1.165, 1.54) is 6.08 Å². The number of halogens is 2. The van der Waals surface area contributed by atoms with Gasteiger partial charge >= 0.3 is 5.69 Å². The van der Waals surface area contributed by atoms with Crippen molar-refractivity contribution < 1.29 is 4.79 Å². The molecular formula is C31H30Cl2N4O2. The summed E-state index contributed by atoms with van der Waals surface area (Å²) in [5.41, 5.74) is 3.64. The lowest BCUT2D eigenvalue weighted by Gasteiger charge is -2.40. The monoisotopic (exact) mass is 560 g/mol. The fraction of sp³-hybridized carbons (Fsp3) is 0.258. The fourth-order valence-corrected chi connectivity index (χ4v) is 5.85. The Kier molecular flexibility index (Phi) is 7.52. The molecule has 1 aromatic heterocycles. The van der Waals surface area contributed by atoms with Crippen molar-refractivity contribution in [2.24, 2.45) is 0 Å². The standard InChI is InChI=1S/C31H30Cl2N4O2/c1-5-29(38)35-14-15-36(20(4)18-35)30-24-16-26(33)23(22-11-6-8-12-25(22)32)17-28(24)37(31(39)34-30)27-13-9-7-10-21(27)19(2)3/h5-13,16-17,19-20H,1,14-15,18H2,2-4H3/t20-/m0/s1. The zero-order chi connectivity index (χ0) is 27.8. The summed E-state index contributed by atoms with van der Waals surface area (Å²) in [4.78, 5) is 34.6. The summed E-state index contributed by atoms with van der Waals surface area (Å²) < 4.78 is 1.67. The molecule has 1 aliphatic heterocycles. The normalized spacial score (nSPS) is 15.7. The van der Waals surface area contributed by atoms with Crippen LogP contribution in [0.15, 0.2) is 78.1 Å². The van der Waals surface area contributed by atoms with Crippen LogP contribution in [0.25, 0.3) is 27.7 Å². The van der Waals surface area contributed by atoms with Crippen LogP contribution in [0.5, 0.6) is 0 Å². The van der Waals surface area contributed by atoms with Crippen LogP contribution in [0.2, 0.25) is 10.0 Å². The Labute approximate surface area is 238 Å². The van der Waals surface area contributed by atoms with Crippen LogP contribution in [0.4, 0.5) is 5.82 Å². The van der Waals surface area contributed by atoms with Gasteiger partial charge in [-0.3, -0.25) is 9.36 Å². The molecule has 6 nitrogen and oxygen atoms in total. The highest BCUT2D eigenvalue weighted by atomic mass is 35.5. The summed E-state index contributed by atoms with van der Waals surface area (Å²) in [5, 5.41) is 1.83. The number of anilines is 1. The first kappa shape index (κ1) is 27.0. The van der Waals surface area contributed by atoms with Crippen molar-refractivity contribution in [2.45, 2.75) is 32.7 Å². The minimum atomic E-state index is -0.380. The van der Waals surface area contributed by atoms with E-state index in [-0.39, 0.29) is 23.6 Å². The summed E-state index contributed by atoms with van der Waals surface area (Å²) in [6.45, 7) is 11.4. The molecule has 2 heterocycles. The number of amides is 1. The molecule has 8 heteroatoms. The number of benzene rings is 3. The van der Waals surface area contributed by atoms with E-state index >= 15 is 0 Å². The summed E-state index contributed by atoms with van der Waals surface area (Å²) >= 11 is 13.5. The van der Waals surface area contributed by atoms with Crippen molar-refractivity contribution >= 4 is 45.8 Å². The van der Waals surface area contributed by atoms with Gasteiger partial charge in [0.25, 0.3) is 0 Å². The van der Waals surface area contributed by atoms with E-state index < -0.39 is 0 Å². The van der Waals surface area contributed by atoms with Crippen molar-refractivity contribution in [3.63, 3.8) is 0 Å². The maximum atomic E-state index is 13.9. The van der Waals surface area contributed by atoms with Crippen molar-refractivity contribution in [1.29, 1.82) is 0 Å². The van der Waals surface area contributed by atoms with E-state index in [0.29, 0.717) is 41.0 Å². The quantitative estimate of drug-likeness (QED) is 0.254. The first-order valence-corrected chi connectivity index (χ1v) is 13.7. The molecule has 0 saturated carbocycles. The van der Waals surface area contributed by atoms with Gasteiger partial charge in [0.2, 0.25) is 5.91 Å². The number of fused-ring (bicyclic) bond motifs is 1. The third-order valence-corrected chi connectivity index (χ3v) is 7.95. The Bertz CT molecular complexity index is 1650. The van der Waals surface area contributed by atoms with Crippen molar-refractivity contribution in [1.82, 2.24) is 14.5 Å². The van der Waals surface area contributed by atoms with Crippen LogP contribution in [0.3, 0.4) is 0 Å². The zero-order valence-electron chi connectivity index (χ0n) is 22.2. The van der Waals surface area contributed by atoms with E-state index in [1.54, 1.807) is 9.47 Å². The number of hydrogen-bond acceptors (Lipinski definition) is 4. The van der Waals surface area contributed by atoms with E-state index in [9.17, 15) is 9.59 Å². The third-order valence-electron chi connectivity index (χ3n) is 7.31. The molecule has 5 rings (SSSR count). The first-order valence-electron chi connectivity index (χ1n) is 13.0. The number of rotatable bonds is 5. The van der Waals surface area contributed by atoms with Crippen LogP contribution in [-0.4, -0.2) is 46.0 Å². The molecule has 0 unspecified atom stereocenters. The fourth-order valence-electron chi connectivity index (χ4n) is 5.35. The van der Waals surface area contributed by atoms with Gasteiger partial charge in [0.15, 0.2) is 0 Å². The Morgan fingerprint density at radius 3 is 2.44 bits per heavy atom. The average molecular weight is 562 g/mol. The third kappa shape index (κ3) is 4.95. The number of aromatic nitrogens is 2. The molecule has 0 aliphatic carbocycles. The molecule has 1 saturated heterocycles. The largest absolute Gasteiger partial charge is 0.354 e. The minimum Gasteiger partial charge on any atom is -0.350 e. The lowest BCUT2D eigenvalue weighted by molar-refractivity contribution is -0.126. The van der Waals surface area contributed by atoms with E-state index in [0.717, 1.165) is 27.8 Å². The van der Waals surface area contributed by atoms with E-state index in [2.05, 4.69) is 30.3 Å². The summed E-state index contributed by atoms with van der Waals surface area (Å²) in [6, 6.07) is 19.1. The average Bonchev–Trinajstić information content (AvgIpc) is 2.92. The molecule has 200 valence electrons. The zero-order valence-corrected chi connectivity index (χ0v) is 23.7. The molecule has 0 radical (unpaired) electrons. The van der Waals surface area contributed by atoms with Gasteiger partial charge in [0.1, 0.15) is 5.82 Å². The maximum Gasteiger partial charge on any atom is 0.354 e. The number of nitrogens with zero attached hydrogens (tertiary/aromatic N) is 4. The Morgan fingerprint density at radius 2 is 1.74 bits per heavy atom. The number of carbonyl (C=O) groups is 1. The van der Waals surface area contributed by atoms with Crippen molar-refractivity contribution in [3.8, 4) is 16.8 Å². The molecular weight excluding hydrogens is 531 g/mol. The van der Waals surface area contributed by atoms with Crippen LogP contribution in [-0.2, 0) is 4.79 Å². The smallest absolute Gasteiger partial charge is 0.350 e.